The minimum absolute atomic E-state index is 0.657. The van der Waals surface area contributed by atoms with E-state index >= 15 is 0 Å². The number of hydrogen-bond acceptors (Lipinski definition) is 2. The van der Waals surface area contributed by atoms with Gasteiger partial charge in [-0.2, -0.15) is 5.10 Å². The molecule has 3 rings (SSSR count). The highest BCUT2D eigenvalue weighted by molar-refractivity contribution is 5.61. The standard InChI is InChI=1S/C16H21N3/c1-13(14-7-8-14)17-9-10-19-12-16(11-18-19)15-5-3-2-4-6-15/h2-6,11-14,17H,7-10H2,1H3. The molecule has 1 atom stereocenters. The van der Waals surface area contributed by atoms with Gasteiger partial charge in [-0.3, -0.25) is 4.68 Å². The Hall–Kier alpha value is -1.61. The highest BCUT2D eigenvalue weighted by Gasteiger charge is 2.27. The second-order valence-electron chi connectivity index (χ2n) is 5.44. The molecule has 1 aromatic carbocycles. The van der Waals surface area contributed by atoms with Crippen molar-refractivity contribution in [3.8, 4) is 11.1 Å². The molecule has 0 aliphatic heterocycles. The maximum Gasteiger partial charge on any atom is 0.0568 e. The van der Waals surface area contributed by atoms with Crippen molar-refractivity contribution < 1.29 is 0 Å². The number of rotatable bonds is 6. The highest BCUT2D eigenvalue weighted by atomic mass is 15.3. The molecule has 1 N–H and O–H groups in total. The fourth-order valence-corrected chi connectivity index (χ4v) is 2.44. The summed E-state index contributed by atoms with van der Waals surface area (Å²) in [5.74, 6) is 0.914. The maximum absolute atomic E-state index is 4.43. The fraction of sp³-hybridized carbons (Fsp3) is 0.438. The third-order valence-electron chi connectivity index (χ3n) is 3.88. The zero-order valence-electron chi connectivity index (χ0n) is 11.4. The molecule has 1 fully saturated rings. The van der Waals surface area contributed by atoms with E-state index in [0.717, 1.165) is 19.0 Å². The molecule has 0 bridgehead atoms. The Kier molecular flexibility index (Phi) is 3.65. The molecular formula is C16H21N3. The van der Waals surface area contributed by atoms with Crippen LogP contribution in [0.25, 0.3) is 11.1 Å². The van der Waals surface area contributed by atoms with Crippen LogP contribution < -0.4 is 5.32 Å². The third-order valence-corrected chi connectivity index (χ3v) is 3.88. The first kappa shape index (κ1) is 12.4. The van der Waals surface area contributed by atoms with Crippen molar-refractivity contribution in [1.82, 2.24) is 15.1 Å². The molecule has 0 amide bonds. The van der Waals surface area contributed by atoms with Gasteiger partial charge in [-0.15, -0.1) is 0 Å². The summed E-state index contributed by atoms with van der Waals surface area (Å²) >= 11 is 0. The van der Waals surface area contributed by atoms with Crippen LogP contribution in [0.4, 0.5) is 0 Å². The molecule has 100 valence electrons. The van der Waals surface area contributed by atoms with Crippen LogP contribution in [0.5, 0.6) is 0 Å². The molecule has 3 heteroatoms. The van der Waals surface area contributed by atoms with Crippen LogP contribution in [0, 0.1) is 5.92 Å². The molecular weight excluding hydrogens is 234 g/mol. The lowest BCUT2D eigenvalue weighted by Crippen LogP contribution is -2.31. The van der Waals surface area contributed by atoms with Gasteiger partial charge >= 0.3 is 0 Å². The lowest BCUT2D eigenvalue weighted by molar-refractivity contribution is 0.463. The normalized spacial score (nSPS) is 16.5. The van der Waals surface area contributed by atoms with Gasteiger partial charge in [-0.1, -0.05) is 30.3 Å². The lowest BCUT2D eigenvalue weighted by Gasteiger charge is -2.12. The average Bonchev–Trinajstić information content (AvgIpc) is 3.20. The van der Waals surface area contributed by atoms with Crippen LogP contribution in [-0.2, 0) is 6.54 Å². The first-order valence-corrected chi connectivity index (χ1v) is 7.14. The first-order valence-electron chi connectivity index (χ1n) is 7.14. The van der Waals surface area contributed by atoms with Crippen molar-refractivity contribution in [2.24, 2.45) is 5.92 Å². The van der Waals surface area contributed by atoms with Crippen molar-refractivity contribution >= 4 is 0 Å². The zero-order valence-corrected chi connectivity index (χ0v) is 11.4. The molecule has 0 saturated heterocycles. The van der Waals surface area contributed by atoms with Gasteiger partial charge in [0.2, 0.25) is 0 Å². The number of nitrogens with zero attached hydrogens (tertiary/aromatic N) is 2. The van der Waals surface area contributed by atoms with Gasteiger partial charge in [-0.25, -0.2) is 0 Å². The predicted octanol–water partition coefficient (Wildman–Crippen LogP) is 2.94. The lowest BCUT2D eigenvalue weighted by atomic mass is 10.1. The predicted molar refractivity (Wildman–Crippen MR) is 77.9 cm³/mol. The van der Waals surface area contributed by atoms with E-state index in [4.69, 9.17) is 0 Å². The Bertz CT molecular complexity index is 514. The summed E-state index contributed by atoms with van der Waals surface area (Å²) in [6, 6.07) is 11.1. The number of hydrogen-bond donors (Lipinski definition) is 1. The third kappa shape index (κ3) is 3.24. The van der Waals surface area contributed by atoms with E-state index < -0.39 is 0 Å². The zero-order chi connectivity index (χ0) is 13.1. The van der Waals surface area contributed by atoms with Crippen LogP contribution in [-0.4, -0.2) is 22.4 Å². The van der Waals surface area contributed by atoms with E-state index in [1.165, 1.54) is 24.0 Å². The molecule has 1 heterocycles. The molecule has 0 radical (unpaired) electrons. The van der Waals surface area contributed by atoms with Crippen LogP contribution in [0.2, 0.25) is 0 Å². The quantitative estimate of drug-likeness (QED) is 0.860. The number of nitrogens with one attached hydrogen (secondary N) is 1. The Labute approximate surface area is 114 Å². The first-order chi connectivity index (χ1) is 9.33. The van der Waals surface area contributed by atoms with Crippen LogP contribution >= 0.6 is 0 Å². The summed E-state index contributed by atoms with van der Waals surface area (Å²) in [5.41, 5.74) is 2.42. The van der Waals surface area contributed by atoms with Gasteiger partial charge in [0.1, 0.15) is 0 Å². The second-order valence-corrected chi connectivity index (χ2v) is 5.44. The monoisotopic (exact) mass is 255 g/mol. The van der Waals surface area contributed by atoms with Crippen molar-refractivity contribution in [3.63, 3.8) is 0 Å². The summed E-state index contributed by atoms with van der Waals surface area (Å²) in [4.78, 5) is 0. The summed E-state index contributed by atoms with van der Waals surface area (Å²) in [5, 5.41) is 8.01. The van der Waals surface area contributed by atoms with E-state index in [1.54, 1.807) is 0 Å². The largest absolute Gasteiger partial charge is 0.312 e. The van der Waals surface area contributed by atoms with Gasteiger partial charge < -0.3 is 5.32 Å². The van der Waals surface area contributed by atoms with Crippen LogP contribution in [0.3, 0.4) is 0 Å². The van der Waals surface area contributed by atoms with Gasteiger partial charge in [0.15, 0.2) is 0 Å². The van der Waals surface area contributed by atoms with Crippen molar-refractivity contribution in [3.05, 3.63) is 42.7 Å². The van der Waals surface area contributed by atoms with E-state index in [0.29, 0.717) is 6.04 Å². The van der Waals surface area contributed by atoms with Gasteiger partial charge in [0.25, 0.3) is 0 Å². The maximum atomic E-state index is 4.43. The Balaban J connectivity index is 1.53. The van der Waals surface area contributed by atoms with E-state index in [2.05, 4.69) is 47.8 Å². The van der Waals surface area contributed by atoms with Gasteiger partial charge in [-0.05, 0) is 31.2 Å². The fourth-order valence-electron chi connectivity index (χ4n) is 2.44. The summed E-state index contributed by atoms with van der Waals surface area (Å²) in [6.45, 7) is 4.22. The molecule has 1 aromatic heterocycles. The average molecular weight is 255 g/mol. The van der Waals surface area contributed by atoms with E-state index in [1.807, 2.05) is 16.9 Å². The molecule has 0 spiro atoms. The van der Waals surface area contributed by atoms with Gasteiger partial charge in [0, 0.05) is 24.3 Å². The minimum atomic E-state index is 0.657. The second kappa shape index (κ2) is 5.57. The summed E-state index contributed by atoms with van der Waals surface area (Å²) in [6.07, 6.45) is 6.86. The summed E-state index contributed by atoms with van der Waals surface area (Å²) < 4.78 is 2.02. The molecule has 1 unspecified atom stereocenters. The molecule has 1 aliphatic carbocycles. The molecule has 19 heavy (non-hydrogen) atoms. The van der Waals surface area contributed by atoms with E-state index in [9.17, 15) is 0 Å². The van der Waals surface area contributed by atoms with Crippen LogP contribution in [0.15, 0.2) is 42.7 Å². The van der Waals surface area contributed by atoms with Crippen molar-refractivity contribution in [1.29, 1.82) is 0 Å². The van der Waals surface area contributed by atoms with E-state index in [-0.39, 0.29) is 0 Å². The van der Waals surface area contributed by atoms with Gasteiger partial charge in [0.05, 0.1) is 12.7 Å². The van der Waals surface area contributed by atoms with Crippen molar-refractivity contribution in [2.45, 2.75) is 32.4 Å². The molecule has 2 aromatic rings. The SMILES string of the molecule is CC(NCCn1cc(-c2ccccc2)cn1)C1CC1. The molecule has 3 nitrogen and oxygen atoms in total. The van der Waals surface area contributed by atoms with Crippen molar-refractivity contribution in [2.75, 3.05) is 6.54 Å². The summed E-state index contributed by atoms with van der Waals surface area (Å²) in [7, 11) is 0. The Morgan fingerprint density at radius 2 is 2.05 bits per heavy atom. The Morgan fingerprint density at radius 1 is 1.26 bits per heavy atom. The topological polar surface area (TPSA) is 29.9 Å². The Morgan fingerprint density at radius 3 is 2.79 bits per heavy atom. The smallest absolute Gasteiger partial charge is 0.0568 e. The minimum Gasteiger partial charge on any atom is -0.312 e. The molecule has 1 saturated carbocycles. The van der Waals surface area contributed by atoms with Crippen LogP contribution in [0.1, 0.15) is 19.8 Å². The molecule has 1 aliphatic rings. The number of aromatic nitrogens is 2. The highest BCUT2D eigenvalue weighted by Crippen LogP contribution is 2.32. The number of benzene rings is 1.